The summed E-state index contributed by atoms with van der Waals surface area (Å²) in [6.45, 7) is 4.10. The molecule has 0 amide bonds. The standard InChI is InChI=1S/C16H18BrNO/c1-10-5-4-6-12(7-10)16(18)13-9-14(17)11(2)8-15(13)19-3/h4-9,16H,18H2,1-3H3. The zero-order chi connectivity index (χ0) is 14.0. The lowest BCUT2D eigenvalue weighted by atomic mass is 9.96. The highest BCUT2D eigenvalue weighted by Crippen LogP contribution is 2.33. The Morgan fingerprint density at radius 3 is 2.53 bits per heavy atom. The zero-order valence-electron chi connectivity index (χ0n) is 11.4. The molecule has 1 unspecified atom stereocenters. The van der Waals surface area contributed by atoms with Gasteiger partial charge in [0.15, 0.2) is 0 Å². The van der Waals surface area contributed by atoms with E-state index in [-0.39, 0.29) is 6.04 Å². The smallest absolute Gasteiger partial charge is 0.124 e. The number of rotatable bonds is 3. The number of halogens is 1. The van der Waals surface area contributed by atoms with Crippen LogP contribution < -0.4 is 10.5 Å². The molecule has 1 atom stereocenters. The van der Waals surface area contributed by atoms with Gasteiger partial charge in [-0.2, -0.15) is 0 Å². The van der Waals surface area contributed by atoms with E-state index in [1.165, 1.54) is 5.56 Å². The van der Waals surface area contributed by atoms with Crippen molar-refractivity contribution >= 4 is 15.9 Å². The fourth-order valence-electron chi connectivity index (χ4n) is 2.13. The molecule has 3 heteroatoms. The lowest BCUT2D eigenvalue weighted by molar-refractivity contribution is 0.407. The second-order valence-electron chi connectivity index (χ2n) is 4.74. The monoisotopic (exact) mass is 319 g/mol. The maximum Gasteiger partial charge on any atom is 0.124 e. The van der Waals surface area contributed by atoms with E-state index in [9.17, 15) is 0 Å². The predicted octanol–water partition coefficient (Wildman–Crippen LogP) is 4.12. The number of ether oxygens (including phenoxy) is 1. The number of nitrogens with two attached hydrogens (primary N) is 1. The largest absolute Gasteiger partial charge is 0.496 e. The average molecular weight is 320 g/mol. The maximum absolute atomic E-state index is 6.38. The molecular weight excluding hydrogens is 302 g/mol. The van der Waals surface area contributed by atoms with Crippen LogP contribution in [0.1, 0.15) is 28.3 Å². The van der Waals surface area contributed by atoms with E-state index in [1.54, 1.807) is 7.11 Å². The molecule has 0 aromatic heterocycles. The summed E-state index contributed by atoms with van der Waals surface area (Å²) >= 11 is 3.55. The van der Waals surface area contributed by atoms with Gasteiger partial charge >= 0.3 is 0 Å². The molecule has 2 aromatic carbocycles. The summed E-state index contributed by atoms with van der Waals surface area (Å²) in [6.07, 6.45) is 0. The van der Waals surface area contributed by atoms with Crippen LogP contribution in [0.25, 0.3) is 0 Å². The number of aryl methyl sites for hydroxylation is 2. The summed E-state index contributed by atoms with van der Waals surface area (Å²) in [5, 5.41) is 0. The summed E-state index contributed by atoms with van der Waals surface area (Å²) in [5.41, 5.74) is 10.8. The first-order chi connectivity index (χ1) is 9.02. The topological polar surface area (TPSA) is 35.2 Å². The van der Waals surface area contributed by atoms with Crippen molar-refractivity contribution in [1.82, 2.24) is 0 Å². The Morgan fingerprint density at radius 2 is 1.89 bits per heavy atom. The van der Waals surface area contributed by atoms with Gasteiger partial charge in [-0.1, -0.05) is 45.8 Å². The van der Waals surface area contributed by atoms with Gasteiger partial charge in [0.2, 0.25) is 0 Å². The Hall–Kier alpha value is -1.32. The van der Waals surface area contributed by atoms with E-state index < -0.39 is 0 Å². The van der Waals surface area contributed by atoms with Crippen molar-refractivity contribution in [2.75, 3.05) is 7.11 Å². The van der Waals surface area contributed by atoms with Crippen LogP contribution in [-0.2, 0) is 0 Å². The van der Waals surface area contributed by atoms with Crippen LogP contribution in [0.2, 0.25) is 0 Å². The molecule has 0 saturated carbocycles. The van der Waals surface area contributed by atoms with Crippen molar-refractivity contribution in [3.8, 4) is 5.75 Å². The molecule has 0 bridgehead atoms. The molecule has 0 aliphatic carbocycles. The molecule has 0 heterocycles. The van der Waals surface area contributed by atoms with Crippen molar-refractivity contribution in [3.63, 3.8) is 0 Å². The lowest BCUT2D eigenvalue weighted by Crippen LogP contribution is -2.13. The van der Waals surface area contributed by atoms with Gasteiger partial charge in [0.05, 0.1) is 13.2 Å². The summed E-state index contributed by atoms with van der Waals surface area (Å²) in [5.74, 6) is 0.828. The summed E-state index contributed by atoms with van der Waals surface area (Å²) in [7, 11) is 1.68. The second-order valence-corrected chi connectivity index (χ2v) is 5.59. The number of hydrogen-bond acceptors (Lipinski definition) is 2. The molecule has 2 nitrogen and oxygen atoms in total. The van der Waals surface area contributed by atoms with Gasteiger partial charge in [0.1, 0.15) is 5.75 Å². The molecule has 100 valence electrons. The van der Waals surface area contributed by atoms with Gasteiger partial charge in [0.25, 0.3) is 0 Å². The third-order valence-electron chi connectivity index (χ3n) is 3.25. The molecule has 0 fully saturated rings. The highest BCUT2D eigenvalue weighted by Gasteiger charge is 2.15. The zero-order valence-corrected chi connectivity index (χ0v) is 13.0. The quantitative estimate of drug-likeness (QED) is 0.923. The van der Waals surface area contributed by atoms with Crippen LogP contribution in [0.4, 0.5) is 0 Å². The molecule has 0 saturated heterocycles. The van der Waals surface area contributed by atoms with Gasteiger partial charge in [-0.3, -0.25) is 0 Å². The van der Waals surface area contributed by atoms with Gasteiger partial charge in [-0.25, -0.2) is 0 Å². The van der Waals surface area contributed by atoms with Crippen LogP contribution in [0.3, 0.4) is 0 Å². The molecular formula is C16H18BrNO. The van der Waals surface area contributed by atoms with Crippen LogP contribution in [0, 0.1) is 13.8 Å². The minimum atomic E-state index is -0.188. The highest BCUT2D eigenvalue weighted by molar-refractivity contribution is 9.10. The summed E-state index contributed by atoms with van der Waals surface area (Å²) in [4.78, 5) is 0. The average Bonchev–Trinajstić information content (AvgIpc) is 2.40. The molecule has 2 rings (SSSR count). The summed E-state index contributed by atoms with van der Waals surface area (Å²) in [6, 6.07) is 12.1. The van der Waals surface area contributed by atoms with E-state index in [0.717, 1.165) is 26.9 Å². The minimum absolute atomic E-state index is 0.188. The fraction of sp³-hybridized carbons (Fsp3) is 0.250. The third kappa shape index (κ3) is 2.99. The number of hydrogen-bond donors (Lipinski definition) is 1. The van der Waals surface area contributed by atoms with Crippen molar-refractivity contribution < 1.29 is 4.74 Å². The van der Waals surface area contributed by atoms with Crippen LogP contribution in [-0.4, -0.2) is 7.11 Å². The third-order valence-corrected chi connectivity index (χ3v) is 4.10. The summed E-state index contributed by atoms with van der Waals surface area (Å²) < 4.78 is 6.50. The Kier molecular flexibility index (Phi) is 4.27. The molecule has 0 aliphatic rings. The molecule has 2 N–H and O–H groups in total. The number of methoxy groups -OCH3 is 1. The van der Waals surface area contributed by atoms with E-state index in [0.29, 0.717) is 0 Å². The van der Waals surface area contributed by atoms with E-state index >= 15 is 0 Å². The lowest BCUT2D eigenvalue weighted by Gasteiger charge is -2.18. The van der Waals surface area contributed by atoms with Gasteiger partial charge in [-0.15, -0.1) is 0 Å². The highest BCUT2D eigenvalue weighted by atomic mass is 79.9. The second kappa shape index (κ2) is 5.76. The van der Waals surface area contributed by atoms with Crippen LogP contribution >= 0.6 is 15.9 Å². The van der Waals surface area contributed by atoms with Crippen molar-refractivity contribution in [2.24, 2.45) is 5.73 Å². The first-order valence-electron chi connectivity index (χ1n) is 6.19. The fourth-order valence-corrected chi connectivity index (χ4v) is 2.49. The predicted molar refractivity (Wildman–Crippen MR) is 82.6 cm³/mol. The van der Waals surface area contributed by atoms with E-state index in [2.05, 4.69) is 35.0 Å². The molecule has 0 radical (unpaired) electrons. The Balaban J connectivity index is 2.49. The van der Waals surface area contributed by atoms with Crippen molar-refractivity contribution in [3.05, 3.63) is 63.1 Å². The normalized spacial score (nSPS) is 12.3. The van der Waals surface area contributed by atoms with Gasteiger partial charge in [0, 0.05) is 10.0 Å². The first-order valence-corrected chi connectivity index (χ1v) is 6.98. The maximum atomic E-state index is 6.38. The number of benzene rings is 2. The SMILES string of the molecule is COc1cc(C)c(Br)cc1C(N)c1cccc(C)c1. The minimum Gasteiger partial charge on any atom is -0.496 e. The Bertz CT molecular complexity index is 595. The van der Waals surface area contributed by atoms with Crippen molar-refractivity contribution in [2.45, 2.75) is 19.9 Å². The molecule has 2 aromatic rings. The van der Waals surface area contributed by atoms with E-state index in [1.807, 2.05) is 31.2 Å². The van der Waals surface area contributed by atoms with Crippen molar-refractivity contribution in [1.29, 1.82) is 0 Å². The van der Waals surface area contributed by atoms with E-state index in [4.69, 9.17) is 10.5 Å². The first kappa shape index (κ1) is 14.1. The van der Waals surface area contributed by atoms with Gasteiger partial charge in [-0.05, 0) is 37.1 Å². The Labute approximate surface area is 122 Å². The van der Waals surface area contributed by atoms with Crippen LogP contribution in [0.15, 0.2) is 40.9 Å². The molecule has 19 heavy (non-hydrogen) atoms. The molecule has 0 aliphatic heterocycles. The molecule has 0 spiro atoms. The van der Waals surface area contributed by atoms with Gasteiger partial charge < -0.3 is 10.5 Å². The Morgan fingerprint density at radius 1 is 1.16 bits per heavy atom. The van der Waals surface area contributed by atoms with Crippen LogP contribution in [0.5, 0.6) is 5.75 Å².